The number of aliphatic hydroxyl groups is 1. The molecule has 222 valence electrons. The van der Waals surface area contributed by atoms with Crippen molar-refractivity contribution in [3.63, 3.8) is 0 Å². The maximum atomic E-state index is 12.2. The van der Waals surface area contributed by atoms with Crippen LogP contribution in [0.1, 0.15) is 97.3 Å². The molecule has 11 heteroatoms. The highest BCUT2D eigenvalue weighted by Gasteiger charge is 2.22. The minimum atomic E-state index is -4.01. The summed E-state index contributed by atoms with van der Waals surface area (Å²) in [5.41, 5.74) is 4.85. The summed E-state index contributed by atoms with van der Waals surface area (Å²) >= 11 is 0. The molecule has 0 fully saturated rings. The molecule has 0 aliphatic rings. The van der Waals surface area contributed by atoms with Gasteiger partial charge in [-0.25, -0.2) is 4.79 Å². The molecule has 1 rings (SSSR count). The Labute approximate surface area is 228 Å². The van der Waals surface area contributed by atoms with E-state index in [1.165, 1.54) is 87.5 Å². The van der Waals surface area contributed by atoms with Gasteiger partial charge in [-0.1, -0.05) is 90.9 Å². The lowest BCUT2D eigenvalue weighted by Crippen LogP contribution is -2.32. The lowest BCUT2D eigenvalue weighted by molar-refractivity contribution is 0.0147. The van der Waals surface area contributed by atoms with Gasteiger partial charge in [0.15, 0.2) is 0 Å². The lowest BCUT2D eigenvalue weighted by Gasteiger charge is -2.19. The van der Waals surface area contributed by atoms with Gasteiger partial charge in [0, 0.05) is 12.8 Å². The molecule has 0 saturated carbocycles. The minimum Gasteiger partial charge on any atom is -0.394 e. The molecular formula is C27H52N3O7P. The quantitative estimate of drug-likeness (QED) is 0.109. The number of unbranched alkanes of at least 4 members (excludes halogenated alkanes) is 11. The van der Waals surface area contributed by atoms with E-state index in [1.807, 2.05) is 0 Å². The van der Waals surface area contributed by atoms with Crippen LogP contribution in [0.15, 0.2) is 17.1 Å². The Morgan fingerprint density at radius 2 is 1.53 bits per heavy atom. The van der Waals surface area contributed by atoms with Gasteiger partial charge >= 0.3 is 13.3 Å². The molecule has 0 aliphatic heterocycles. The molecule has 0 bridgehead atoms. The number of rotatable bonds is 25. The minimum absolute atomic E-state index is 0.0278. The van der Waals surface area contributed by atoms with Gasteiger partial charge in [0.05, 0.1) is 32.5 Å². The molecule has 1 unspecified atom stereocenters. The molecule has 0 saturated heterocycles. The van der Waals surface area contributed by atoms with Gasteiger partial charge < -0.3 is 29.7 Å². The molecule has 1 heterocycles. The second kappa shape index (κ2) is 21.5. The van der Waals surface area contributed by atoms with Gasteiger partial charge in [-0.2, -0.15) is 4.98 Å². The summed E-state index contributed by atoms with van der Waals surface area (Å²) in [5, 5.41) is 9.46. The zero-order valence-electron chi connectivity index (χ0n) is 23.6. The molecule has 1 aromatic heterocycles. The van der Waals surface area contributed by atoms with Gasteiger partial charge in [-0.3, -0.25) is 9.13 Å². The van der Waals surface area contributed by atoms with E-state index >= 15 is 0 Å². The number of nitrogens with two attached hydrogens (primary N) is 1. The first-order chi connectivity index (χ1) is 18.2. The second-order valence-electron chi connectivity index (χ2n) is 10.4. The van der Waals surface area contributed by atoms with E-state index in [0.717, 1.165) is 18.8 Å². The van der Waals surface area contributed by atoms with Crippen molar-refractivity contribution in [1.82, 2.24) is 9.55 Å². The average Bonchev–Trinajstić information content (AvgIpc) is 2.86. The van der Waals surface area contributed by atoms with Crippen LogP contribution in [0.25, 0.3) is 0 Å². The molecule has 0 aliphatic carbocycles. The smallest absolute Gasteiger partial charge is 0.353 e. The van der Waals surface area contributed by atoms with E-state index in [9.17, 15) is 19.4 Å². The van der Waals surface area contributed by atoms with Crippen molar-refractivity contribution in [3.8, 4) is 0 Å². The summed E-state index contributed by atoms with van der Waals surface area (Å²) in [6.45, 7) is 4.91. The van der Waals surface area contributed by atoms with Gasteiger partial charge in [0.25, 0.3) is 0 Å². The fourth-order valence-corrected chi connectivity index (χ4v) is 4.90. The van der Waals surface area contributed by atoms with Crippen LogP contribution in [0.4, 0.5) is 5.82 Å². The van der Waals surface area contributed by atoms with Crippen molar-refractivity contribution in [2.75, 3.05) is 38.5 Å². The maximum absolute atomic E-state index is 12.2. The molecule has 0 spiro atoms. The van der Waals surface area contributed by atoms with Crippen molar-refractivity contribution >= 4 is 13.4 Å². The van der Waals surface area contributed by atoms with Crippen molar-refractivity contribution < 1.29 is 28.6 Å². The van der Waals surface area contributed by atoms with Crippen LogP contribution in [0.2, 0.25) is 0 Å². The number of nitrogen functional groups attached to an aromatic ring is 1. The standard InChI is InChI=1S/C27H52N3O7P/c1-24(2)15-13-11-9-7-5-3-4-6-8-10-12-14-18-35-19-20-37-38(33,34)23-36-25(22-31)21-30-17-16-26(28)29-27(30)32/h16-17,24-25,31H,3-15,18-23H2,1-2H3,(H,33,34)(H2,28,29,32)/t25-/m0/s1. The first kappa shape index (κ1) is 34.7. The molecule has 10 nitrogen and oxygen atoms in total. The predicted octanol–water partition coefficient (Wildman–Crippen LogP) is 5.11. The monoisotopic (exact) mass is 561 g/mol. The Morgan fingerprint density at radius 1 is 0.947 bits per heavy atom. The molecule has 0 aromatic carbocycles. The van der Waals surface area contributed by atoms with Crippen molar-refractivity contribution in [3.05, 3.63) is 22.7 Å². The topological polar surface area (TPSA) is 146 Å². The third-order valence-corrected chi connectivity index (χ3v) is 7.38. The van der Waals surface area contributed by atoms with Crippen LogP contribution >= 0.6 is 7.60 Å². The summed E-state index contributed by atoms with van der Waals surface area (Å²) in [6.07, 6.45) is 16.8. The summed E-state index contributed by atoms with van der Waals surface area (Å²) < 4.78 is 29.2. The molecule has 2 atom stereocenters. The molecule has 4 N–H and O–H groups in total. The van der Waals surface area contributed by atoms with E-state index < -0.39 is 32.3 Å². The largest absolute Gasteiger partial charge is 0.394 e. The van der Waals surface area contributed by atoms with Crippen molar-refractivity contribution in [1.29, 1.82) is 0 Å². The van der Waals surface area contributed by atoms with Crippen LogP contribution in [0.5, 0.6) is 0 Å². The first-order valence-electron chi connectivity index (χ1n) is 14.3. The fraction of sp³-hybridized carbons (Fsp3) is 0.852. The Hall–Kier alpha value is -1.29. The maximum Gasteiger partial charge on any atom is 0.353 e. The van der Waals surface area contributed by atoms with Crippen molar-refractivity contribution in [2.45, 2.75) is 110 Å². The van der Waals surface area contributed by atoms with Crippen LogP contribution in [0, 0.1) is 5.92 Å². The third-order valence-electron chi connectivity index (χ3n) is 6.31. The number of ether oxygens (including phenoxy) is 2. The lowest BCUT2D eigenvalue weighted by atomic mass is 10.0. The molecule has 0 radical (unpaired) electrons. The molecule has 38 heavy (non-hydrogen) atoms. The van der Waals surface area contributed by atoms with E-state index in [4.69, 9.17) is 19.7 Å². The average molecular weight is 562 g/mol. The molecule has 1 aromatic rings. The summed E-state index contributed by atoms with van der Waals surface area (Å²) in [6, 6.07) is 1.44. The van der Waals surface area contributed by atoms with Crippen LogP contribution in [-0.4, -0.2) is 58.4 Å². The first-order valence-corrected chi connectivity index (χ1v) is 16.1. The van der Waals surface area contributed by atoms with Gasteiger partial charge in [0.2, 0.25) is 0 Å². The highest BCUT2D eigenvalue weighted by Crippen LogP contribution is 2.41. The van der Waals surface area contributed by atoms with Gasteiger partial charge in [-0.15, -0.1) is 0 Å². The van der Waals surface area contributed by atoms with E-state index in [2.05, 4.69) is 18.8 Å². The van der Waals surface area contributed by atoms with Crippen molar-refractivity contribution in [2.24, 2.45) is 5.92 Å². The zero-order chi connectivity index (χ0) is 28.1. The number of nitrogens with zero attached hydrogens (tertiary/aromatic N) is 2. The number of aliphatic hydroxyl groups excluding tert-OH is 1. The highest BCUT2D eigenvalue weighted by molar-refractivity contribution is 7.52. The summed E-state index contributed by atoms with van der Waals surface area (Å²) in [7, 11) is -4.01. The van der Waals surface area contributed by atoms with E-state index in [-0.39, 0.29) is 25.6 Å². The summed E-state index contributed by atoms with van der Waals surface area (Å²) in [5.74, 6) is 0.921. The third kappa shape index (κ3) is 18.9. The summed E-state index contributed by atoms with van der Waals surface area (Å²) in [4.78, 5) is 25.3. The Balaban J connectivity index is 1.95. The number of aromatic nitrogens is 2. The number of hydrogen-bond acceptors (Lipinski definition) is 8. The fourth-order valence-electron chi connectivity index (χ4n) is 4.07. The normalized spacial score (nSPS) is 14.1. The Kier molecular flexibility index (Phi) is 19.7. The van der Waals surface area contributed by atoms with Gasteiger partial charge in [-0.05, 0) is 18.4 Å². The Bertz CT molecular complexity index is 822. The van der Waals surface area contributed by atoms with E-state index in [1.54, 1.807) is 0 Å². The SMILES string of the molecule is CC(C)CCCCCCCCCCCCCCOCCOP(=O)(O)CO[C@H](CO)Cn1ccc(N)nc1=O. The Morgan fingerprint density at radius 3 is 2.08 bits per heavy atom. The number of hydrogen-bond donors (Lipinski definition) is 3. The van der Waals surface area contributed by atoms with Gasteiger partial charge in [0.1, 0.15) is 12.2 Å². The molecular weight excluding hydrogens is 509 g/mol. The zero-order valence-corrected chi connectivity index (χ0v) is 24.5. The predicted molar refractivity (Wildman–Crippen MR) is 151 cm³/mol. The van der Waals surface area contributed by atoms with Crippen LogP contribution in [0.3, 0.4) is 0 Å². The van der Waals surface area contributed by atoms with E-state index in [0.29, 0.717) is 6.61 Å². The highest BCUT2D eigenvalue weighted by atomic mass is 31.2. The number of anilines is 1. The van der Waals surface area contributed by atoms with Crippen LogP contribution in [-0.2, 0) is 25.1 Å². The molecule has 0 amide bonds. The van der Waals surface area contributed by atoms with Crippen LogP contribution < -0.4 is 11.4 Å². The second-order valence-corrected chi connectivity index (χ2v) is 12.2.